The highest BCUT2D eigenvalue weighted by Crippen LogP contribution is 2.24. The molecular weight excluding hydrogens is 240 g/mol. The number of aryl methyl sites for hydroxylation is 1. The normalized spacial score (nSPS) is 12.3. The predicted molar refractivity (Wildman–Crippen MR) is 76.8 cm³/mol. The zero-order chi connectivity index (χ0) is 13.8. The van der Waals surface area contributed by atoms with E-state index in [0.717, 1.165) is 23.8 Å². The third-order valence-corrected chi connectivity index (χ3v) is 2.97. The summed E-state index contributed by atoms with van der Waals surface area (Å²) >= 11 is 0. The number of hydrogen-bond donors (Lipinski definition) is 0. The molecule has 19 heavy (non-hydrogen) atoms. The molecule has 1 aromatic heterocycles. The molecule has 0 aliphatic rings. The standard InChI is InChI=1S/C16H18O3/c1-4-6-12-9-16(17)19-15-10-13(7-8-14(12)15)18-11(3)5-2/h5,7-11H,2,4,6H2,1,3H3. The van der Waals surface area contributed by atoms with E-state index in [4.69, 9.17) is 9.15 Å². The summed E-state index contributed by atoms with van der Waals surface area (Å²) in [6.45, 7) is 7.66. The predicted octanol–water partition coefficient (Wildman–Crippen LogP) is 3.70. The van der Waals surface area contributed by atoms with E-state index in [1.807, 2.05) is 19.1 Å². The summed E-state index contributed by atoms with van der Waals surface area (Å²) in [5.74, 6) is 0.677. The van der Waals surface area contributed by atoms with Crippen LogP contribution in [0.15, 0.2) is 46.1 Å². The Morgan fingerprint density at radius 1 is 1.42 bits per heavy atom. The first-order valence-corrected chi connectivity index (χ1v) is 6.50. The average molecular weight is 258 g/mol. The Kier molecular flexibility index (Phi) is 4.05. The van der Waals surface area contributed by atoms with Gasteiger partial charge in [0.25, 0.3) is 0 Å². The van der Waals surface area contributed by atoms with Crippen LogP contribution in [-0.2, 0) is 6.42 Å². The van der Waals surface area contributed by atoms with Crippen LogP contribution in [0.25, 0.3) is 11.0 Å². The second-order valence-electron chi connectivity index (χ2n) is 4.56. The van der Waals surface area contributed by atoms with Gasteiger partial charge in [-0.15, -0.1) is 0 Å². The van der Waals surface area contributed by atoms with Gasteiger partial charge in [-0.05, 0) is 31.0 Å². The van der Waals surface area contributed by atoms with E-state index in [1.165, 1.54) is 0 Å². The van der Waals surface area contributed by atoms with Gasteiger partial charge in [0.05, 0.1) is 0 Å². The molecule has 0 N–H and O–H groups in total. The molecule has 0 radical (unpaired) electrons. The van der Waals surface area contributed by atoms with Crippen LogP contribution in [-0.4, -0.2) is 6.10 Å². The summed E-state index contributed by atoms with van der Waals surface area (Å²) in [6.07, 6.45) is 3.49. The molecule has 100 valence electrons. The Bertz CT molecular complexity index is 640. The fourth-order valence-corrected chi connectivity index (χ4v) is 2.02. The highest BCUT2D eigenvalue weighted by Gasteiger charge is 2.07. The molecule has 0 aliphatic carbocycles. The van der Waals surface area contributed by atoms with Crippen LogP contribution in [0, 0.1) is 0 Å². The molecular formula is C16H18O3. The second-order valence-corrected chi connectivity index (χ2v) is 4.56. The largest absolute Gasteiger partial charge is 0.487 e. The smallest absolute Gasteiger partial charge is 0.336 e. The van der Waals surface area contributed by atoms with Gasteiger partial charge in [-0.1, -0.05) is 26.0 Å². The lowest BCUT2D eigenvalue weighted by Crippen LogP contribution is -2.07. The maximum atomic E-state index is 11.5. The average Bonchev–Trinajstić information content (AvgIpc) is 2.38. The summed E-state index contributed by atoms with van der Waals surface area (Å²) < 4.78 is 10.9. The molecule has 0 saturated carbocycles. The van der Waals surface area contributed by atoms with Gasteiger partial charge < -0.3 is 9.15 Å². The first kappa shape index (κ1) is 13.4. The van der Waals surface area contributed by atoms with Crippen molar-refractivity contribution in [3.8, 4) is 5.75 Å². The molecule has 0 saturated heterocycles. The van der Waals surface area contributed by atoms with E-state index in [-0.39, 0.29) is 11.7 Å². The number of hydrogen-bond acceptors (Lipinski definition) is 3. The van der Waals surface area contributed by atoms with Crippen molar-refractivity contribution in [1.82, 2.24) is 0 Å². The van der Waals surface area contributed by atoms with Crippen LogP contribution in [0.5, 0.6) is 5.75 Å². The zero-order valence-corrected chi connectivity index (χ0v) is 11.3. The van der Waals surface area contributed by atoms with Gasteiger partial charge in [0.15, 0.2) is 0 Å². The van der Waals surface area contributed by atoms with E-state index in [2.05, 4.69) is 13.5 Å². The lowest BCUT2D eigenvalue weighted by Gasteiger charge is -2.11. The molecule has 1 atom stereocenters. The molecule has 1 aromatic carbocycles. The van der Waals surface area contributed by atoms with Crippen molar-refractivity contribution in [2.24, 2.45) is 0 Å². The van der Waals surface area contributed by atoms with Gasteiger partial charge in [0.2, 0.25) is 0 Å². The summed E-state index contributed by atoms with van der Waals surface area (Å²) in [5.41, 5.74) is 1.28. The maximum Gasteiger partial charge on any atom is 0.336 e. The molecule has 2 aromatic rings. The Labute approximate surface area is 112 Å². The molecule has 0 amide bonds. The van der Waals surface area contributed by atoms with Crippen LogP contribution in [0.1, 0.15) is 25.8 Å². The highest BCUT2D eigenvalue weighted by atomic mass is 16.5. The van der Waals surface area contributed by atoms with E-state index in [1.54, 1.807) is 18.2 Å². The monoisotopic (exact) mass is 258 g/mol. The van der Waals surface area contributed by atoms with Crippen LogP contribution in [0.4, 0.5) is 0 Å². The van der Waals surface area contributed by atoms with E-state index in [0.29, 0.717) is 11.3 Å². The van der Waals surface area contributed by atoms with E-state index >= 15 is 0 Å². The molecule has 2 rings (SSSR count). The van der Waals surface area contributed by atoms with E-state index < -0.39 is 0 Å². The van der Waals surface area contributed by atoms with Gasteiger partial charge >= 0.3 is 5.63 Å². The van der Waals surface area contributed by atoms with Gasteiger partial charge in [-0.3, -0.25) is 0 Å². The Morgan fingerprint density at radius 3 is 2.89 bits per heavy atom. The Morgan fingerprint density at radius 2 is 2.21 bits per heavy atom. The minimum atomic E-state index is -0.315. The first-order chi connectivity index (χ1) is 9.13. The Hall–Kier alpha value is -2.03. The van der Waals surface area contributed by atoms with Crippen molar-refractivity contribution in [3.63, 3.8) is 0 Å². The summed E-state index contributed by atoms with van der Waals surface area (Å²) in [4.78, 5) is 11.5. The maximum absolute atomic E-state index is 11.5. The van der Waals surface area contributed by atoms with Gasteiger partial charge in [-0.2, -0.15) is 0 Å². The molecule has 0 spiro atoms. The van der Waals surface area contributed by atoms with Crippen molar-refractivity contribution >= 4 is 11.0 Å². The quantitative estimate of drug-likeness (QED) is 0.606. The van der Waals surface area contributed by atoms with Crippen molar-refractivity contribution in [3.05, 3.63) is 52.9 Å². The minimum absolute atomic E-state index is 0.0806. The fourth-order valence-electron chi connectivity index (χ4n) is 2.02. The van der Waals surface area contributed by atoms with Gasteiger partial charge in [-0.25, -0.2) is 4.79 Å². The first-order valence-electron chi connectivity index (χ1n) is 6.50. The van der Waals surface area contributed by atoms with Gasteiger partial charge in [0, 0.05) is 17.5 Å². The SMILES string of the molecule is C=CC(C)Oc1ccc2c(CCC)cc(=O)oc2c1. The number of fused-ring (bicyclic) bond motifs is 1. The van der Waals surface area contributed by atoms with Crippen molar-refractivity contribution < 1.29 is 9.15 Å². The van der Waals surface area contributed by atoms with Crippen molar-refractivity contribution in [1.29, 1.82) is 0 Å². The van der Waals surface area contributed by atoms with Gasteiger partial charge in [0.1, 0.15) is 17.4 Å². The zero-order valence-electron chi connectivity index (χ0n) is 11.3. The van der Waals surface area contributed by atoms with Crippen LogP contribution < -0.4 is 10.4 Å². The Balaban J connectivity index is 2.48. The highest BCUT2D eigenvalue weighted by molar-refractivity contribution is 5.81. The van der Waals surface area contributed by atoms with E-state index in [9.17, 15) is 4.79 Å². The second kappa shape index (κ2) is 5.74. The third kappa shape index (κ3) is 3.05. The van der Waals surface area contributed by atoms with Crippen LogP contribution in [0.3, 0.4) is 0 Å². The topological polar surface area (TPSA) is 39.4 Å². The molecule has 3 heteroatoms. The number of ether oxygens (including phenoxy) is 1. The lowest BCUT2D eigenvalue weighted by atomic mass is 10.1. The van der Waals surface area contributed by atoms with Crippen LogP contribution in [0.2, 0.25) is 0 Å². The van der Waals surface area contributed by atoms with Crippen molar-refractivity contribution in [2.45, 2.75) is 32.8 Å². The third-order valence-electron chi connectivity index (χ3n) is 2.97. The number of benzene rings is 1. The number of rotatable bonds is 5. The molecule has 0 fully saturated rings. The molecule has 1 unspecified atom stereocenters. The van der Waals surface area contributed by atoms with Crippen molar-refractivity contribution in [2.75, 3.05) is 0 Å². The fraction of sp³-hybridized carbons (Fsp3) is 0.312. The summed E-state index contributed by atoms with van der Waals surface area (Å²) in [5, 5.41) is 0.972. The summed E-state index contributed by atoms with van der Waals surface area (Å²) in [7, 11) is 0. The molecule has 0 aliphatic heterocycles. The lowest BCUT2D eigenvalue weighted by molar-refractivity contribution is 0.270. The minimum Gasteiger partial charge on any atom is -0.487 e. The summed E-state index contributed by atoms with van der Waals surface area (Å²) in [6, 6.07) is 7.16. The van der Waals surface area contributed by atoms with Crippen LogP contribution >= 0.6 is 0 Å². The molecule has 3 nitrogen and oxygen atoms in total. The molecule has 1 heterocycles. The molecule has 0 bridgehead atoms.